The first-order valence-electron chi connectivity index (χ1n) is 13.8. The molecule has 3 aromatic rings. The van der Waals surface area contributed by atoms with Crippen molar-refractivity contribution in [3.63, 3.8) is 0 Å². The maximum atomic E-state index is 12.9. The summed E-state index contributed by atoms with van der Waals surface area (Å²) >= 11 is 3.64. The second-order valence-corrected chi connectivity index (χ2v) is 19.3. The Kier molecular flexibility index (Phi) is 7.98. The van der Waals surface area contributed by atoms with Gasteiger partial charge in [-0.2, -0.15) is 5.10 Å². The second kappa shape index (κ2) is 11.0. The van der Waals surface area contributed by atoms with Crippen LogP contribution in [0.5, 0.6) is 0 Å². The van der Waals surface area contributed by atoms with Gasteiger partial charge in [0.1, 0.15) is 18.0 Å². The molecule has 1 unspecified atom stereocenters. The number of fused-ring (bicyclic) bond motifs is 2. The zero-order valence-electron chi connectivity index (χ0n) is 23.9. The van der Waals surface area contributed by atoms with E-state index in [-0.39, 0.29) is 12.3 Å². The van der Waals surface area contributed by atoms with Gasteiger partial charge in [-0.05, 0) is 64.3 Å². The standard InChI is InChI=1S/C28H40BrN5O4Si/c1-28(2,3)38-27(35)32-16-21-23(17-32)33(18-36-13-14-39(4,5)6)26(30-21)25-20-11-10-19(29)15-22(20)34(31-25)24-9-7-8-12-37-24/h10-11,15,24H,7-9,12-14,16-18H2,1-6H3. The number of rotatable bonds is 7. The summed E-state index contributed by atoms with van der Waals surface area (Å²) in [5.41, 5.74) is 3.09. The first kappa shape index (κ1) is 28.3. The Morgan fingerprint density at radius 2 is 2.00 bits per heavy atom. The highest BCUT2D eigenvalue weighted by molar-refractivity contribution is 9.10. The molecule has 2 aliphatic heterocycles. The van der Waals surface area contributed by atoms with Crippen LogP contribution in [-0.2, 0) is 34.0 Å². The number of halogens is 1. The Labute approximate surface area is 239 Å². The van der Waals surface area contributed by atoms with Gasteiger partial charge < -0.3 is 18.8 Å². The van der Waals surface area contributed by atoms with E-state index in [1.54, 1.807) is 4.90 Å². The van der Waals surface area contributed by atoms with Crippen LogP contribution in [-0.4, -0.2) is 57.2 Å². The third kappa shape index (κ3) is 6.42. The zero-order chi connectivity index (χ0) is 27.9. The molecule has 39 heavy (non-hydrogen) atoms. The highest BCUT2D eigenvalue weighted by Crippen LogP contribution is 2.36. The number of ether oxygens (including phenoxy) is 3. The quantitative estimate of drug-likeness (QED) is 0.211. The van der Waals surface area contributed by atoms with Gasteiger partial charge in [0.2, 0.25) is 0 Å². The fourth-order valence-electron chi connectivity index (χ4n) is 4.98. The number of imidazole rings is 1. The lowest BCUT2D eigenvalue weighted by molar-refractivity contribution is -0.0365. The fraction of sp³-hybridized carbons (Fsp3) is 0.607. The van der Waals surface area contributed by atoms with Crippen molar-refractivity contribution >= 4 is 41.0 Å². The predicted molar refractivity (Wildman–Crippen MR) is 157 cm³/mol. The van der Waals surface area contributed by atoms with E-state index in [2.05, 4.69) is 52.3 Å². The van der Waals surface area contributed by atoms with E-state index < -0.39 is 13.7 Å². The van der Waals surface area contributed by atoms with E-state index in [1.165, 1.54) is 0 Å². The molecule has 11 heteroatoms. The number of hydrogen-bond donors (Lipinski definition) is 0. The molecule has 1 atom stereocenters. The smallest absolute Gasteiger partial charge is 0.410 e. The molecule has 1 amide bonds. The van der Waals surface area contributed by atoms with Crippen molar-refractivity contribution < 1.29 is 19.0 Å². The molecule has 0 bridgehead atoms. The van der Waals surface area contributed by atoms with Gasteiger partial charge in [0.15, 0.2) is 12.1 Å². The van der Waals surface area contributed by atoms with Gasteiger partial charge in [0.05, 0.1) is 30.0 Å². The van der Waals surface area contributed by atoms with Crippen LogP contribution in [0.1, 0.15) is 57.6 Å². The number of amides is 1. The summed E-state index contributed by atoms with van der Waals surface area (Å²) in [6.07, 6.45) is 2.69. The molecular formula is C28H40BrN5O4Si. The minimum atomic E-state index is -1.24. The van der Waals surface area contributed by atoms with Crippen LogP contribution in [0.4, 0.5) is 4.79 Å². The second-order valence-electron chi connectivity index (χ2n) is 12.7. The molecule has 0 N–H and O–H groups in total. The van der Waals surface area contributed by atoms with Gasteiger partial charge in [-0.1, -0.05) is 35.6 Å². The molecule has 1 saturated heterocycles. The van der Waals surface area contributed by atoms with E-state index >= 15 is 0 Å². The van der Waals surface area contributed by atoms with Gasteiger partial charge >= 0.3 is 6.09 Å². The Bertz CT molecular complexity index is 1350. The summed E-state index contributed by atoms with van der Waals surface area (Å²) in [5, 5.41) is 6.12. The molecule has 1 aromatic carbocycles. The lowest BCUT2D eigenvalue weighted by atomic mass is 10.1. The number of carbonyl (C=O) groups excluding carboxylic acids is 1. The third-order valence-electron chi connectivity index (χ3n) is 7.01. The topological polar surface area (TPSA) is 83.6 Å². The molecule has 0 radical (unpaired) electrons. The molecular weight excluding hydrogens is 578 g/mol. The van der Waals surface area contributed by atoms with Crippen LogP contribution in [0.15, 0.2) is 22.7 Å². The molecule has 0 spiro atoms. The van der Waals surface area contributed by atoms with Crippen molar-refractivity contribution in [1.82, 2.24) is 24.2 Å². The molecule has 1 fully saturated rings. The third-order valence-corrected chi connectivity index (χ3v) is 9.21. The summed E-state index contributed by atoms with van der Waals surface area (Å²) in [7, 11) is -1.24. The van der Waals surface area contributed by atoms with Crippen molar-refractivity contribution in [2.75, 3.05) is 13.2 Å². The van der Waals surface area contributed by atoms with E-state index in [9.17, 15) is 4.79 Å². The maximum absolute atomic E-state index is 12.9. The summed E-state index contributed by atoms with van der Waals surface area (Å²) in [6, 6.07) is 7.30. The summed E-state index contributed by atoms with van der Waals surface area (Å²) in [5.74, 6) is 0.763. The Hall–Kier alpha value is -2.21. The lowest BCUT2D eigenvalue weighted by Gasteiger charge is -2.24. The molecule has 0 saturated carbocycles. The van der Waals surface area contributed by atoms with E-state index in [0.717, 1.165) is 70.2 Å². The summed E-state index contributed by atoms with van der Waals surface area (Å²) < 4.78 is 23.1. The van der Waals surface area contributed by atoms with E-state index in [4.69, 9.17) is 24.3 Å². The number of benzene rings is 1. The summed E-state index contributed by atoms with van der Waals surface area (Å²) in [6.45, 7) is 15.3. The molecule has 4 heterocycles. The highest BCUT2D eigenvalue weighted by Gasteiger charge is 2.34. The van der Waals surface area contributed by atoms with Gasteiger partial charge in [0, 0.05) is 31.1 Å². The molecule has 0 aliphatic carbocycles. The molecule has 5 rings (SSSR count). The van der Waals surface area contributed by atoms with Crippen molar-refractivity contribution in [3.05, 3.63) is 34.1 Å². The molecule has 2 aliphatic rings. The number of carbonyl (C=O) groups is 1. The van der Waals surface area contributed by atoms with Crippen molar-refractivity contribution in [3.8, 4) is 11.5 Å². The minimum absolute atomic E-state index is 0.102. The van der Waals surface area contributed by atoms with Crippen molar-refractivity contribution in [2.45, 2.75) is 97.4 Å². The monoisotopic (exact) mass is 617 g/mol. The first-order valence-corrected chi connectivity index (χ1v) is 18.3. The van der Waals surface area contributed by atoms with Gasteiger partial charge in [-0.15, -0.1) is 0 Å². The van der Waals surface area contributed by atoms with E-state index in [1.807, 2.05) is 31.5 Å². The number of aromatic nitrogens is 4. The highest BCUT2D eigenvalue weighted by atomic mass is 79.9. The first-order chi connectivity index (χ1) is 18.4. The van der Waals surface area contributed by atoms with Crippen molar-refractivity contribution in [2.24, 2.45) is 0 Å². The summed E-state index contributed by atoms with van der Waals surface area (Å²) in [4.78, 5) is 19.6. The maximum Gasteiger partial charge on any atom is 0.410 e. The van der Waals surface area contributed by atoms with Crippen LogP contribution >= 0.6 is 15.9 Å². The average molecular weight is 619 g/mol. The Morgan fingerprint density at radius 3 is 2.69 bits per heavy atom. The lowest BCUT2D eigenvalue weighted by Crippen LogP contribution is -2.34. The molecule has 2 aromatic heterocycles. The van der Waals surface area contributed by atoms with Gasteiger partial charge in [0.25, 0.3) is 0 Å². The molecule has 212 valence electrons. The minimum Gasteiger partial charge on any atom is -0.444 e. The SMILES string of the molecule is CC(C)(C)OC(=O)N1Cc2nc(-c3nn(C4CCCCO4)c4cc(Br)ccc34)n(COCC[Si](C)(C)C)c2C1. The predicted octanol–water partition coefficient (Wildman–Crippen LogP) is 6.92. The number of hydrogen-bond acceptors (Lipinski definition) is 6. The van der Waals surface area contributed by atoms with Crippen molar-refractivity contribution in [1.29, 1.82) is 0 Å². The average Bonchev–Trinajstić information content (AvgIpc) is 3.52. The number of nitrogens with zero attached hydrogens (tertiary/aromatic N) is 5. The normalized spacial score (nSPS) is 18.1. The van der Waals surface area contributed by atoms with Crippen LogP contribution in [0.2, 0.25) is 25.7 Å². The Balaban J connectivity index is 1.52. The van der Waals surface area contributed by atoms with Gasteiger partial charge in [-0.25, -0.2) is 14.5 Å². The van der Waals surface area contributed by atoms with Crippen LogP contribution < -0.4 is 0 Å². The Morgan fingerprint density at radius 1 is 1.21 bits per heavy atom. The van der Waals surface area contributed by atoms with Gasteiger partial charge in [-0.3, -0.25) is 4.90 Å². The largest absolute Gasteiger partial charge is 0.444 e. The molecule has 9 nitrogen and oxygen atoms in total. The van der Waals surface area contributed by atoms with E-state index in [0.29, 0.717) is 26.4 Å². The van der Waals surface area contributed by atoms with Crippen LogP contribution in [0, 0.1) is 0 Å². The fourth-order valence-corrected chi connectivity index (χ4v) is 6.08. The zero-order valence-corrected chi connectivity index (χ0v) is 26.5. The van der Waals surface area contributed by atoms with Crippen LogP contribution in [0.3, 0.4) is 0 Å². The van der Waals surface area contributed by atoms with Crippen LogP contribution in [0.25, 0.3) is 22.4 Å².